The van der Waals surface area contributed by atoms with Crippen LogP contribution in [-0.4, -0.2) is 70.2 Å². The molecule has 5 aliphatic carbocycles. The SMILES string of the molecule is CC(C)C1=C2[C@@]([C@H](O)CN3CCC(Cc4ccccc4)CC3)(CC[C@]3(C)[C@]2(N)CC[C@@H]2[C@@]4(C)CC[C@H](OC(=O)CC(C)(C)C(=O)O)C(C)(C)[C@@H]4CC[C@]23C)CC1=O. The van der Waals surface area contributed by atoms with Gasteiger partial charge in [-0.15, -0.1) is 0 Å². The molecule has 8 heteroatoms. The molecular weight excluding hydrogens is 713 g/mol. The molecule has 1 heterocycles. The van der Waals surface area contributed by atoms with Gasteiger partial charge < -0.3 is 25.6 Å². The van der Waals surface area contributed by atoms with Crippen LogP contribution in [0.25, 0.3) is 0 Å². The van der Waals surface area contributed by atoms with Crippen LogP contribution in [0.4, 0.5) is 0 Å². The largest absolute Gasteiger partial charge is 0.481 e. The normalized spacial score (nSPS) is 38.9. The number of carbonyl (C=O) groups is 3. The fourth-order valence-corrected chi connectivity index (χ4v) is 14.8. The number of β-amino-alcohol motifs (C(OH)–C–C–N with tert-alkyl or cyclic N) is 1. The topological polar surface area (TPSA) is 130 Å². The number of aliphatic hydroxyl groups excluding tert-OH is 1. The van der Waals surface area contributed by atoms with Gasteiger partial charge in [-0.2, -0.15) is 0 Å². The van der Waals surface area contributed by atoms with E-state index in [1.807, 2.05) is 0 Å². The van der Waals surface area contributed by atoms with Gasteiger partial charge in [0, 0.05) is 29.3 Å². The first-order chi connectivity index (χ1) is 26.6. The summed E-state index contributed by atoms with van der Waals surface area (Å²) < 4.78 is 6.19. The zero-order chi connectivity index (χ0) is 41.6. The van der Waals surface area contributed by atoms with E-state index in [4.69, 9.17) is 10.5 Å². The summed E-state index contributed by atoms with van der Waals surface area (Å²) in [5, 5.41) is 22.2. The van der Waals surface area contributed by atoms with Crippen LogP contribution in [0.5, 0.6) is 0 Å². The number of carbonyl (C=O) groups excluding carboxylic acids is 2. The van der Waals surface area contributed by atoms with Gasteiger partial charge in [0.1, 0.15) is 6.10 Å². The van der Waals surface area contributed by atoms with Crippen LogP contribution in [-0.2, 0) is 25.5 Å². The molecule has 4 N–H and O–H groups in total. The van der Waals surface area contributed by atoms with Gasteiger partial charge in [-0.25, -0.2) is 0 Å². The Morgan fingerprint density at radius 1 is 0.912 bits per heavy atom. The minimum atomic E-state index is -1.18. The number of nitrogens with zero attached hydrogens (tertiary/aromatic N) is 1. The third-order valence-electron chi connectivity index (χ3n) is 18.3. The summed E-state index contributed by atoms with van der Waals surface area (Å²) in [7, 11) is 0. The Morgan fingerprint density at radius 3 is 2.19 bits per heavy atom. The first-order valence-electron chi connectivity index (χ1n) is 22.5. The van der Waals surface area contributed by atoms with Crippen molar-refractivity contribution in [3.05, 3.63) is 47.0 Å². The van der Waals surface area contributed by atoms with Crippen LogP contribution in [0.15, 0.2) is 41.5 Å². The van der Waals surface area contributed by atoms with E-state index in [9.17, 15) is 24.6 Å². The minimum Gasteiger partial charge on any atom is -0.481 e. The minimum absolute atomic E-state index is 0.00548. The van der Waals surface area contributed by atoms with Crippen molar-refractivity contribution in [1.82, 2.24) is 4.90 Å². The van der Waals surface area contributed by atoms with Gasteiger partial charge in [-0.3, -0.25) is 14.4 Å². The van der Waals surface area contributed by atoms with E-state index in [1.54, 1.807) is 13.8 Å². The molecule has 9 atom stereocenters. The molecule has 5 fully saturated rings. The summed E-state index contributed by atoms with van der Waals surface area (Å²) in [5.74, 6) is 0.195. The quantitative estimate of drug-likeness (QED) is 0.201. The molecule has 0 unspecified atom stereocenters. The fraction of sp³-hybridized carbons (Fsp3) is 0.776. The molecule has 8 nitrogen and oxygen atoms in total. The number of esters is 1. The lowest BCUT2D eigenvalue weighted by Crippen LogP contribution is -2.74. The third-order valence-corrected chi connectivity index (χ3v) is 18.3. The van der Waals surface area contributed by atoms with Crippen molar-refractivity contribution in [2.75, 3.05) is 19.6 Å². The zero-order valence-corrected chi connectivity index (χ0v) is 36.7. The molecule has 4 saturated carbocycles. The third kappa shape index (κ3) is 6.60. The maximum Gasteiger partial charge on any atom is 0.309 e. The number of hydrogen-bond donors (Lipinski definition) is 3. The number of benzene rings is 1. The van der Waals surface area contributed by atoms with Crippen LogP contribution in [0.2, 0.25) is 0 Å². The number of aliphatic carboxylic acids is 1. The average molecular weight is 787 g/mol. The lowest BCUT2D eigenvalue weighted by molar-refractivity contribution is -0.239. The number of nitrogens with two attached hydrogens (primary N) is 1. The smallest absolute Gasteiger partial charge is 0.309 e. The van der Waals surface area contributed by atoms with Crippen molar-refractivity contribution in [3.63, 3.8) is 0 Å². The number of ketones is 1. The summed E-state index contributed by atoms with van der Waals surface area (Å²) in [5.41, 5.74) is 8.37. The molecule has 0 spiro atoms. The van der Waals surface area contributed by atoms with Gasteiger partial charge >= 0.3 is 11.9 Å². The Morgan fingerprint density at radius 2 is 1.56 bits per heavy atom. The van der Waals surface area contributed by atoms with E-state index in [0.29, 0.717) is 30.7 Å². The predicted molar refractivity (Wildman–Crippen MR) is 224 cm³/mol. The predicted octanol–water partition coefficient (Wildman–Crippen LogP) is 8.78. The summed E-state index contributed by atoms with van der Waals surface area (Å²) >= 11 is 0. The molecule has 1 aromatic rings. The number of aliphatic hydroxyl groups is 1. The number of Topliss-reactive ketones (excluding diaryl/α,β-unsaturated/α-hetero) is 1. The highest BCUT2D eigenvalue weighted by Gasteiger charge is 2.74. The first kappa shape index (κ1) is 42.6. The lowest BCUT2D eigenvalue weighted by Gasteiger charge is -2.74. The molecule has 0 radical (unpaired) electrons. The van der Waals surface area contributed by atoms with Crippen molar-refractivity contribution < 1.29 is 29.3 Å². The van der Waals surface area contributed by atoms with E-state index in [0.717, 1.165) is 94.9 Å². The second-order valence-electron chi connectivity index (χ2n) is 22.3. The van der Waals surface area contributed by atoms with Crippen molar-refractivity contribution >= 4 is 17.7 Å². The first-order valence-corrected chi connectivity index (χ1v) is 22.5. The maximum absolute atomic E-state index is 14.3. The molecule has 57 heavy (non-hydrogen) atoms. The second-order valence-corrected chi connectivity index (χ2v) is 22.3. The average Bonchev–Trinajstić information content (AvgIpc) is 3.46. The van der Waals surface area contributed by atoms with Crippen molar-refractivity contribution in [1.29, 1.82) is 0 Å². The van der Waals surface area contributed by atoms with E-state index in [1.165, 1.54) is 5.56 Å². The van der Waals surface area contributed by atoms with E-state index in [-0.39, 0.29) is 45.9 Å². The Hall–Kier alpha value is -2.55. The standard InChI is InChI=1S/C49H74N2O6/c1-31(2)40-34(52)28-48(37(53)30-51-25-18-33(19-26-51)27-32-13-11-10-12-14-32)24-23-47(9)46(8)21-15-35-44(5,6)38(57-39(54)29-43(3,4)42(55)56)17-20-45(35,7)36(46)16-22-49(47,50)41(40)48/h10-14,31,33,35-38,53H,15-30,50H2,1-9H3,(H,55,56)/t35-,36+,37+,38-,45-,46+,47-,48-,49-/m0/s1. The van der Waals surface area contributed by atoms with Crippen LogP contribution < -0.4 is 5.73 Å². The number of hydrogen-bond acceptors (Lipinski definition) is 7. The number of rotatable bonds is 10. The molecule has 1 saturated heterocycles. The fourth-order valence-electron chi connectivity index (χ4n) is 14.8. The van der Waals surface area contributed by atoms with Crippen molar-refractivity contribution in [3.8, 4) is 0 Å². The zero-order valence-electron chi connectivity index (χ0n) is 36.7. The monoisotopic (exact) mass is 787 g/mol. The molecule has 0 amide bonds. The molecule has 6 aliphatic rings. The van der Waals surface area contributed by atoms with Crippen LogP contribution >= 0.6 is 0 Å². The number of allylic oxidation sites excluding steroid dienone is 1. The van der Waals surface area contributed by atoms with Gasteiger partial charge in [0.2, 0.25) is 0 Å². The van der Waals surface area contributed by atoms with Gasteiger partial charge in [-0.1, -0.05) is 78.8 Å². The molecule has 1 aliphatic heterocycles. The van der Waals surface area contributed by atoms with E-state index >= 15 is 0 Å². The van der Waals surface area contributed by atoms with Crippen LogP contribution in [0.3, 0.4) is 0 Å². The highest BCUT2D eigenvalue weighted by atomic mass is 16.5. The molecule has 0 aromatic heterocycles. The number of likely N-dealkylation sites (tertiary alicyclic amines) is 1. The van der Waals surface area contributed by atoms with Crippen LogP contribution in [0.1, 0.15) is 145 Å². The van der Waals surface area contributed by atoms with Gasteiger partial charge in [0.25, 0.3) is 0 Å². The molecular formula is C49H74N2O6. The highest BCUT2D eigenvalue weighted by Crippen LogP contribution is 2.77. The number of carboxylic acids is 1. The second kappa shape index (κ2) is 14.6. The van der Waals surface area contributed by atoms with Crippen LogP contribution in [0, 0.1) is 56.2 Å². The molecule has 316 valence electrons. The lowest BCUT2D eigenvalue weighted by atomic mass is 9.31. The summed E-state index contributed by atoms with van der Waals surface area (Å²) in [6.07, 6.45) is 9.80. The molecule has 0 bridgehead atoms. The number of carboxylic acid groups (broad SMARTS) is 1. The summed E-state index contributed by atoms with van der Waals surface area (Å²) in [6.45, 7) is 22.0. The Kier molecular flexibility index (Phi) is 10.9. The Bertz CT molecular complexity index is 1760. The van der Waals surface area contributed by atoms with Gasteiger partial charge in [0.15, 0.2) is 5.78 Å². The van der Waals surface area contributed by atoms with Gasteiger partial charge in [0.05, 0.1) is 17.9 Å². The van der Waals surface area contributed by atoms with E-state index < -0.39 is 34.4 Å². The molecule has 7 rings (SSSR count). The maximum atomic E-state index is 14.3. The van der Waals surface area contributed by atoms with Crippen molar-refractivity contribution in [2.24, 2.45) is 61.9 Å². The van der Waals surface area contributed by atoms with Crippen molar-refractivity contribution in [2.45, 2.75) is 164 Å². The highest BCUT2D eigenvalue weighted by molar-refractivity contribution is 6.01. The van der Waals surface area contributed by atoms with Gasteiger partial charge in [-0.05, 0) is 154 Å². The summed E-state index contributed by atoms with van der Waals surface area (Å²) in [6, 6.07) is 10.8. The molecule has 1 aromatic carbocycles. The Balaban J connectivity index is 1.13. The Labute approximate surface area is 343 Å². The number of fused-ring (bicyclic) bond motifs is 7. The van der Waals surface area contributed by atoms with E-state index in [2.05, 4.69) is 83.7 Å². The number of ether oxygens (including phenoxy) is 1. The number of piperidine rings is 1. The summed E-state index contributed by atoms with van der Waals surface area (Å²) in [4.78, 5) is 41.7.